The zero-order chi connectivity index (χ0) is 15.0. The Morgan fingerprint density at radius 3 is 2.71 bits per heavy atom. The van der Waals surface area contributed by atoms with Crippen molar-refractivity contribution in [3.05, 3.63) is 59.2 Å². The first-order chi connectivity index (χ1) is 10.1. The van der Waals surface area contributed by atoms with Crippen LogP contribution in [0.15, 0.2) is 42.5 Å². The van der Waals surface area contributed by atoms with E-state index in [1.807, 2.05) is 0 Å². The monoisotopic (exact) mass is 283 g/mol. The minimum atomic E-state index is -1.09. The third-order valence-corrected chi connectivity index (χ3v) is 3.53. The number of amides is 1. The van der Waals surface area contributed by atoms with Gasteiger partial charge in [-0.1, -0.05) is 18.2 Å². The standard InChI is InChI=1S/C16H13NO4/c1-21-12-6-3-5-11(8-12)17-9-10-4-2-7-13(16(19)20)14(10)15(17)18/h2-8H,9H2,1H3,(H,19,20). The number of rotatable bonds is 3. The summed E-state index contributed by atoms with van der Waals surface area (Å²) in [6, 6.07) is 12.0. The molecule has 0 fully saturated rings. The average Bonchev–Trinajstić information content (AvgIpc) is 2.84. The first-order valence-electron chi connectivity index (χ1n) is 6.43. The van der Waals surface area contributed by atoms with Crippen molar-refractivity contribution in [2.45, 2.75) is 6.54 Å². The molecule has 0 bridgehead atoms. The normalized spacial score (nSPS) is 13.2. The van der Waals surface area contributed by atoms with Crippen molar-refractivity contribution in [2.24, 2.45) is 0 Å². The van der Waals surface area contributed by atoms with E-state index in [1.54, 1.807) is 48.4 Å². The highest BCUT2D eigenvalue weighted by Crippen LogP contribution is 2.32. The number of hydrogen-bond acceptors (Lipinski definition) is 3. The van der Waals surface area contributed by atoms with Gasteiger partial charge in [0.15, 0.2) is 0 Å². The highest BCUT2D eigenvalue weighted by atomic mass is 16.5. The Morgan fingerprint density at radius 2 is 2.00 bits per heavy atom. The third-order valence-electron chi connectivity index (χ3n) is 3.53. The number of aromatic carboxylic acids is 1. The summed E-state index contributed by atoms with van der Waals surface area (Å²) in [5, 5.41) is 9.22. The smallest absolute Gasteiger partial charge is 0.336 e. The highest BCUT2D eigenvalue weighted by Gasteiger charge is 2.32. The molecule has 0 spiro atoms. The summed E-state index contributed by atoms with van der Waals surface area (Å²) >= 11 is 0. The Balaban J connectivity index is 2.04. The van der Waals surface area contributed by atoms with Crippen LogP contribution in [-0.2, 0) is 6.54 Å². The molecule has 0 aromatic heterocycles. The largest absolute Gasteiger partial charge is 0.497 e. The molecule has 1 aliphatic rings. The summed E-state index contributed by atoms with van der Waals surface area (Å²) in [6.07, 6.45) is 0. The lowest BCUT2D eigenvalue weighted by molar-refractivity contribution is 0.0692. The van der Waals surface area contributed by atoms with Gasteiger partial charge in [-0.3, -0.25) is 4.79 Å². The minimum absolute atomic E-state index is 0.0443. The fourth-order valence-electron chi connectivity index (χ4n) is 2.53. The van der Waals surface area contributed by atoms with Crippen LogP contribution in [0.25, 0.3) is 0 Å². The van der Waals surface area contributed by atoms with E-state index in [-0.39, 0.29) is 17.0 Å². The molecule has 0 unspecified atom stereocenters. The van der Waals surface area contributed by atoms with Crippen LogP contribution in [0.2, 0.25) is 0 Å². The molecule has 5 heteroatoms. The van der Waals surface area contributed by atoms with Crippen LogP contribution in [0.5, 0.6) is 5.75 Å². The summed E-state index contributed by atoms with van der Waals surface area (Å²) in [7, 11) is 1.56. The van der Waals surface area contributed by atoms with E-state index in [0.717, 1.165) is 5.56 Å². The van der Waals surface area contributed by atoms with E-state index in [2.05, 4.69) is 0 Å². The number of benzene rings is 2. The SMILES string of the molecule is COc1cccc(N2Cc3cccc(C(=O)O)c3C2=O)c1. The van der Waals surface area contributed by atoms with Crippen molar-refractivity contribution < 1.29 is 19.4 Å². The molecular weight excluding hydrogens is 270 g/mol. The summed E-state index contributed by atoms with van der Waals surface area (Å²) in [5.74, 6) is -0.737. The third kappa shape index (κ3) is 2.12. The van der Waals surface area contributed by atoms with Crippen LogP contribution in [-0.4, -0.2) is 24.1 Å². The van der Waals surface area contributed by atoms with Crippen molar-refractivity contribution in [1.82, 2.24) is 0 Å². The molecule has 1 N–H and O–H groups in total. The van der Waals surface area contributed by atoms with Crippen molar-refractivity contribution in [1.29, 1.82) is 0 Å². The van der Waals surface area contributed by atoms with Gasteiger partial charge in [-0.25, -0.2) is 4.79 Å². The lowest BCUT2D eigenvalue weighted by atomic mass is 10.0. The molecule has 106 valence electrons. The predicted molar refractivity (Wildman–Crippen MR) is 76.9 cm³/mol. The average molecular weight is 283 g/mol. The van der Waals surface area contributed by atoms with E-state index >= 15 is 0 Å². The van der Waals surface area contributed by atoms with Crippen LogP contribution >= 0.6 is 0 Å². The van der Waals surface area contributed by atoms with Gasteiger partial charge in [-0.2, -0.15) is 0 Å². The number of anilines is 1. The maximum Gasteiger partial charge on any atom is 0.336 e. The molecular formula is C16H13NO4. The number of carbonyl (C=O) groups excluding carboxylic acids is 1. The Labute approximate surface area is 121 Å². The molecule has 0 saturated heterocycles. The van der Waals surface area contributed by atoms with Crippen molar-refractivity contribution in [3.8, 4) is 5.75 Å². The molecule has 5 nitrogen and oxygen atoms in total. The van der Waals surface area contributed by atoms with Gasteiger partial charge in [0.05, 0.1) is 24.8 Å². The Morgan fingerprint density at radius 1 is 1.24 bits per heavy atom. The number of carboxylic acid groups (broad SMARTS) is 1. The zero-order valence-electron chi connectivity index (χ0n) is 11.4. The second kappa shape index (κ2) is 4.94. The van der Waals surface area contributed by atoms with Crippen LogP contribution < -0.4 is 9.64 Å². The minimum Gasteiger partial charge on any atom is -0.497 e. The summed E-state index contributed by atoms with van der Waals surface area (Å²) in [6.45, 7) is 0.364. The number of methoxy groups -OCH3 is 1. The van der Waals surface area contributed by atoms with Gasteiger partial charge in [-0.15, -0.1) is 0 Å². The molecule has 1 heterocycles. The Bertz CT molecular complexity index is 739. The van der Waals surface area contributed by atoms with Crippen molar-refractivity contribution in [2.75, 3.05) is 12.0 Å². The zero-order valence-corrected chi connectivity index (χ0v) is 11.4. The lowest BCUT2D eigenvalue weighted by Gasteiger charge is -2.16. The number of hydrogen-bond donors (Lipinski definition) is 1. The molecule has 21 heavy (non-hydrogen) atoms. The maximum absolute atomic E-state index is 12.5. The molecule has 0 radical (unpaired) electrons. The number of carbonyl (C=O) groups is 2. The summed E-state index contributed by atoms with van der Waals surface area (Å²) < 4.78 is 5.16. The highest BCUT2D eigenvalue weighted by molar-refractivity contribution is 6.15. The first-order valence-corrected chi connectivity index (χ1v) is 6.43. The van der Waals surface area contributed by atoms with Crippen LogP contribution in [0, 0.1) is 0 Å². The fraction of sp³-hybridized carbons (Fsp3) is 0.125. The van der Waals surface area contributed by atoms with Gasteiger partial charge < -0.3 is 14.7 Å². The topological polar surface area (TPSA) is 66.8 Å². The second-order valence-corrected chi connectivity index (χ2v) is 4.74. The van der Waals surface area contributed by atoms with Crippen molar-refractivity contribution >= 4 is 17.6 Å². The van der Waals surface area contributed by atoms with Crippen LogP contribution in [0.4, 0.5) is 5.69 Å². The van der Waals surface area contributed by atoms with Crippen molar-refractivity contribution in [3.63, 3.8) is 0 Å². The van der Waals surface area contributed by atoms with Gasteiger partial charge in [0.1, 0.15) is 5.75 Å². The molecule has 1 amide bonds. The molecule has 0 saturated carbocycles. The quantitative estimate of drug-likeness (QED) is 0.940. The molecule has 0 atom stereocenters. The number of nitrogens with zero attached hydrogens (tertiary/aromatic N) is 1. The summed E-state index contributed by atoms with van der Waals surface area (Å²) in [5.41, 5.74) is 1.73. The lowest BCUT2D eigenvalue weighted by Crippen LogP contribution is -2.23. The first kappa shape index (κ1) is 13.2. The number of ether oxygens (including phenoxy) is 1. The maximum atomic E-state index is 12.5. The molecule has 1 aliphatic heterocycles. The second-order valence-electron chi connectivity index (χ2n) is 4.74. The Hall–Kier alpha value is -2.82. The van der Waals surface area contributed by atoms with Gasteiger partial charge in [-0.05, 0) is 23.8 Å². The Kier molecular flexibility index (Phi) is 3.10. The predicted octanol–water partition coefficient (Wildman–Crippen LogP) is 2.55. The number of carboxylic acids is 1. The number of fused-ring (bicyclic) bond motifs is 1. The van der Waals surface area contributed by atoms with Gasteiger partial charge >= 0.3 is 5.97 Å². The summed E-state index contributed by atoms with van der Waals surface area (Å²) in [4.78, 5) is 25.4. The van der Waals surface area contributed by atoms with Crippen LogP contribution in [0.3, 0.4) is 0 Å². The van der Waals surface area contributed by atoms with Gasteiger partial charge in [0, 0.05) is 11.8 Å². The van der Waals surface area contributed by atoms with Crippen LogP contribution in [0.1, 0.15) is 26.3 Å². The van der Waals surface area contributed by atoms with Gasteiger partial charge in [0.25, 0.3) is 5.91 Å². The molecule has 2 aromatic rings. The fourth-order valence-corrected chi connectivity index (χ4v) is 2.53. The van der Waals surface area contributed by atoms with E-state index in [4.69, 9.17) is 4.74 Å². The van der Waals surface area contributed by atoms with Gasteiger partial charge in [0.2, 0.25) is 0 Å². The molecule has 3 rings (SSSR count). The van der Waals surface area contributed by atoms with E-state index in [0.29, 0.717) is 18.0 Å². The van der Waals surface area contributed by atoms with E-state index in [1.165, 1.54) is 6.07 Å². The molecule has 0 aliphatic carbocycles. The molecule has 2 aromatic carbocycles. The van der Waals surface area contributed by atoms with E-state index in [9.17, 15) is 14.7 Å². The van der Waals surface area contributed by atoms with E-state index < -0.39 is 5.97 Å².